The summed E-state index contributed by atoms with van der Waals surface area (Å²) in [5.74, 6) is -1.98. The standard InChI is InChI=1S/C54H68N6O11/c1-3-25-67-27-29-69-31-33-71-34-32-70-30-28-68-26-24-57-54(66)48(36-40-10-5-4-6-11-40)60-53(65)46-20-19-43(44-12-7-8-13-45(44)46)41-15-17-42(18-16-41)47(37-52(63)64)59-51(62)38-58-50(61)14-9-22-55-49-35-39(2)21-23-56-49/h4-8,10-13,15-21,23,35,47-48H,3,9,14,22,24-34,36-38H2,1-2H3,(H,55,56)(H,57,66)(H,58,61)(H,59,62)(H,60,65)(H,63,64)/t47-,48-/m0/s1. The van der Waals surface area contributed by atoms with Crippen molar-refractivity contribution in [2.24, 2.45) is 0 Å². The zero-order chi connectivity index (χ0) is 50.5. The first-order valence-electron chi connectivity index (χ1n) is 24.2. The van der Waals surface area contributed by atoms with E-state index in [0.717, 1.165) is 46.5 Å². The number of hydrogen-bond acceptors (Lipinski definition) is 12. The minimum atomic E-state index is -1.10. The molecule has 71 heavy (non-hydrogen) atoms. The van der Waals surface area contributed by atoms with Gasteiger partial charge >= 0.3 is 5.97 Å². The van der Waals surface area contributed by atoms with Crippen molar-refractivity contribution in [1.82, 2.24) is 26.3 Å². The van der Waals surface area contributed by atoms with Gasteiger partial charge in [0.1, 0.15) is 11.9 Å². The molecule has 0 fully saturated rings. The fourth-order valence-electron chi connectivity index (χ4n) is 7.47. The van der Waals surface area contributed by atoms with Crippen molar-refractivity contribution in [3.8, 4) is 11.1 Å². The first-order valence-corrected chi connectivity index (χ1v) is 24.2. The van der Waals surface area contributed by atoms with Crippen LogP contribution in [-0.2, 0) is 49.3 Å². The van der Waals surface area contributed by atoms with Crippen molar-refractivity contribution in [3.63, 3.8) is 0 Å². The van der Waals surface area contributed by atoms with Crippen molar-refractivity contribution in [2.45, 2.75) is 58.0 Å². The maximum atomic E-state index is 14.1. The predicted molar refractivity (Wildman–Crippen MR) is 271 cm³/mol. The summed E-state index contributed by atoms with van der Waals surface area (Å²) in [5, 5.41) is 25.6. The first kappa shape index (κ1) is 55.2. The van der Waals surface area contributed by atoms with Crippen molar-refractivity contribution >= 4 is 46.2 Å². The second kappa shape index (κ2) is 31.5. The van der Waals surface area contributed by atoms with Crippen LogP contribution < -0.4 is 26.6 Å². The molecule has 0 unspecified atom stereocenters. The Morgan fingerprint density at radius 3 is 1.93 bits per heavy atom. The highest BCUT2D eigenvalue weighted by molar-refractivity contribution is 6.11. The molecule has 5 aromatic rings. The zero-order valence-corrected chi connectivity index (χ0v) is 40.8. The number of benzene rings is 4. The first-order chi connectivity index (χ1) is 34.6. The quantitative estimate of drug-likeness (QED) is 0.0269. The summed E-state index contributed by atoms with van der Waals surface area (Å²) in [6.45, 7) is 9.14. The third kappa shape index (κ3) is 20.2. The summed E-state index contributed by atoms with van der Waals surface area (Å²) in [7, 11) is 0. The minimum absolute atomic E-state index is 0.194. The number of carbonyl (C=O) groups is 5. The summed E-state index contributed by atoms with van der Waals surface area (Å²) >= 11 is 0. The maximum Gasteiger partial charge on any atom is 0.305 e. The summed E-state index contributed by atoms with van der Waals surface area (Å²) < 4.78 is 27.6. The Balaban J connectivity index is 1.11. The Morgan fingerprint density at radius 2 is 1.28 bits per heavy atom. The molecule has 17 heteroatoms. The molecule has 5 rings (SSSR count). The van der Waals surface area contributed by atoms with E-state index in [2.05, 4.69) is 38.5 Å². The summed E-state index contributed by atoms with van der Waals surface area (Å²) in [4.78, 5) is 69.2. The molecule has 0 bridgehead atoms. The molecule has 0 saturated carbocycles. The Kier molecular flexibility index (Phi) is 24.4. The molecular formula is C54H68N6O11. The average molecular weight is 977 g/mol. The number of pyridine rings is 1. The zero-order valence-electron chi connectivity index (χ0n) is 40.8. The van der Waals surface area contributed by atoms with Gasteiger partial charge in [-0.05, 0) is 76.6 Å². The van der Waals surface area contributed by atoms with Gasteiger partial charge in [0.15, 0.2) is 0 Å². The molecule has 0 radical (unpaired) electrons. The number of aryl methyl sites for hydroxylation is 1. The molecule has 0 spiro atoms. The van der Waals surface area contributed by atoms with Gasteiger partial charge in [-0.1, -0.05) is 91.9 Å². The lowest BCUT2D eigenvalue weighted by Crippen LogP contribution is -2.48. The van der Waals surface area contributed by atoms with E-state index in [9.17, 15) is 29.1 Å². The fourth-order valence-corrected chi connectivity index (χ4v) is 7.47. The number of anilines is 1. The lowest BCUT2D eigenvalue weighted by atomic mass is 9.93. The molecule has 1 aromatic heterocycles. The molecule has 4 amide bonds. The number of amides is 4. The minimum Gasteiger partial charge on any atom is -0.481 e. The molecule has 0 aliphatic rings. The number of nitrogens with one attached hydrogen (secondary N) is 5. The van der Waals surface area contributed by atoms with Gasteiger partial charge in [0.05, 0.1) is 78.5 Å². The number of aromatic nitrogens is 1. The van der Waals surface area contributed by atoms with Crippen LogP contribution >= 0.6 is 0 Å². The van der Waals surface area contributed by atoms with Crippen LogP contribution in [0.1, 0.15) is 65.7 Å². The van der Waals surface area contributed by atoms with Crippen LogP contribution in [0.4, 0.5) is 5.82 Å². The van der Waals surface area contributed by atoms with E-state index in [1.807, 2.05) is 91.9 Å². The molecule has 6 N–H and O–H groups in total. The molecule has 4 aromatic carbocycles. The molecule has 0 saturated heterocycles. The number of nitrogens with zero attached hydrogens (tertiary/aromatic N) is 1. The molecule has 0 aliphatic carbocycles. The number of carboxylic acid groups (broad SMARTS) is 1. The van der Waals surface area contributed by atoms with Crippen LogP contribution in [0, 0.1) is 6.92 Å². The molecular weight excluding hydrogens is 909 g/mol. The van der Waals surface area contributed by atoms with Gasteiger partial charge in [0.25, 0.3) is 5.91 Å². The SMILES string of the molecule is CCCOCCOCCOCCOCCOCCNC(=O)[C@H](Cc1ccccc1)NC(=O)c1ccc(-c2ccc([C@H](CC(=O)O)NC(=O)CNC(=O)CCCNc3cc(C)ccn3)cc2)c2ccccc12. The third-order valence-corrected chi connectivity index (χ3v) is 11.0. The number of carbonyl (C=O) groups excluding carboxylic acids is 4. The fraction of sp³-hybridized carbons (Fsp3) is 0.407. The highest BCUT2D eigenvalue weighted by atomic mass is 16.6. The topological polar surface area (TPSA) is 225 Å². The van der Waals surface area contributed by atoms with Crippen molar-refractivity contribution in [2.75, 3.05) is 91.0 Å². The van der Waals surface area contributed by atoms with E-state index in [4.69, 9.17) is 23.7 Å². The van der Waals surface area contributed by atoms with E-state index in [0.29, 0.717) is 82.3 Å². The lowest BCUT2D eigenvalue weighted by Gasteiger charge is -2.20. The maximum absolute atomic E-state index is 14.1. The Morgan fingerprint density at radius 1 is 0.648 bits per heavy atom. The Labute approximate surface area is 415 Å². The lowest BCUT2D eigenvalue weighted by molar-refractivity contribution is -0.138. The number of hydrogen-bond donors (Lipinski definition) is 6. The van der Waals surface area contributed by atoms with Crippen molar-refractivity contribution in [1.29, 1.82) is 0 Å². The number of aliphatic carboxylic acids is 1. The predicted octanol–water partition coefficient (Wildman–Crippen LogP) is 5.80. The van der Waals surface area contributed by atoms with Crippen LogP contribution in [0.3, 0.4) is 0 Å². The summed E-state index contributed by atoms with van der Waals surface area (Å²) in [6.07, 6.45) is 3.30. The molecule has 0 aliphatic heterocycles. The molecule has 380 valence electrons. The number of rotatable bonds is 34. The van der Waals surface area contributed by atoms with Gasteiger partial charge in [0, 0.05) is 44.3 Å². The smallest absolute Gasteiger partial charge is 0.305 e. The largest absolute Gasteiger partial charge is 0.481 e. The van der Waals surface area contributed by atoms with Crippen LogP contribution in [0.5, 0.6) is 0 Å². The average Bonchev–Trinajstić information content (AvgIpc) is 3.37. The van der Waals surface area contributed by atoms with Crippen LogP contribution in [-0.4, -0.2) is 131 Å². The second-order valence-electron chi connectivity index (χ2n) is 16.6. The van der Waals surface area contributed by atoms with E-state index in [1.165, 1.54) is 0 Å². The van der Waals surface area contributed by atoms with E-state index in [1.54, 1.807) is 24.4 Å². The van der Waals surface area contributed by atoms with Gasteiger partial charge in [0.2, 0.25) is 17.7 Å². The molecule has 17 nitrogen and oxygen atoms in total. The van der Waals surface area contributed by atoms with Crippen molar-refractivity contribution < 1.29 is 52.8 Å². The van der Waals surface area contributed by atoms with Crippen LogP contribution in [0.2, 0.25) is 0 Å². The molecule has 2 atom stereocenters. The van der Waals surface area contributed by atoms with Gasteiger partial charge in [-0.15, -0.1) is 0 Å². The van der Waals surface area contributed by atoms with Gasteiger partial charge in [-0.2, -0.15) is 0 Å². The van der Waals surface area contributed by atoms with E-state index < -0.39 is 29.9 Å². The van der Waals surface area contributed by atoms with Gasteiger partial charge in [-0.3, -0.25) is 24.0 Å². The Bertz CT molecular complexity index is 2420. The molecule has 1 heterocycles. The van der Waals surface area contributed by atoms with E-state index >= 15 is 0 Å². The number of fused-ring (bicyclic) bond motifs is 1. The highest BCUT2D eigenvalue weighted by Gasteiger charge is 2.24. The Hall–Kier alpha value is -6.76. The third-order valence-electron chi connectivity index (χ3n) is 11.0. The van der Waals surface area contributed by atoms with Gasteiger partial charge in [-0.25, -0.2) is 4.98 Å². The van der Waals surface area contributed by atoms with Crippen LogP contribution in [0.25, 0.3) is 21.9 Å². The summed E-state index contributed by atoms with van der Waals surface area (Å²) in [5.41, 5.74) is 4.50. The normalized spacial score (nSPS) is 11.9. The van der Waals surface area contributed by atoms with Crippen LogP contribution in [0.15, 0.2) is 109 Å². The summed E-state index contributed by atoms with van der Waals surface area (Å²) in [6, 6.07) is 29.7. The van der Waals surface area contributed by atoms with Crippen molar-refractivity contribution in [3.05, 3.63) is 132 Å². The highest BCUT2D eigenvalue weighted by Crippen LogP contribution is 2.32. The number of ether oxygens (including phenoxy) is 5. The monoisotopic (exact) mass is 976 g/mol. The van der Waals surface area contributed by atoms with E-state index in [-0.39, 0.29) is 50.8 Å². The van der Waals surface area contributed by atoms with Gasteiger partial charge < -0.3 is 55.4 Å². The number of carboxylic acids is 1. The second-order valence-corrected chi connectivity index (χ2v) is 16.6.